The second kappa shape index (κ2) is 28.4. The fraction of sp³-hybridized carbons (Fsp3) is 0.941. The molecule has 39 heavy (non-hydrogen) atoms. The Balaban J connectivity index is 4.15. The van der Waals surface area contributed by atoms with Crippen molar-refractivity contribution in [1.29, 1.82) is 0 Å². The molecule has 0 spiro atoms. The van der Waals surface area contributed by atoms with E-state index in [1.54, 1.807) is 0 Å². The van der Waals surface area contributed by atoms with Gasteiger partial charge in [0.2, 0.25) is 0 Å². The summed E-state index contributed by atoms with van der Waals surface area (Å²) in [6.45, 7) is 7.99. The van der Waals surface area contributed by atoms with E-state index in [0.717, 1.165) is 57.4 Å². The van der Waals surface area contributed by atoms with Crippen LogP contribution in [-0.4, -0.2) is 50.2 Å². The Kier molecular flexibility index (Phi) is 27.6. The van der Waals surface area contributed by atoms with Crippen molar-refractivity contribution in [2.45, 2.75) is 175 Å². The molecule has 0 aliphatic carbocycles. The first-order valence-electron chi connectivity index (χ1n) is 16.9. The van der Waals surface area contributed by atoms with Gasteiger partial charge in [-0.05, 0) is 58.7 Å². The second-order valence-corrected chi connectivity index (χ2v) is 12.0. The third-order valence-corrected chi connectivity index (χ3v) is 7.99. The Morgan fingerprint density at radius 1 is 0.590 bits per heavy atom. The van der Waals surface area contributed by atoms with Crippen LogP contribution in [0.15, 0.2) is 0 Å². The molecule has 5 nitrogen and oxygen atoms in total. The Labute approximate surface area is 243 Å². The van der Waals surface area contributed by atoms with E-state index in [0.29, 0.717) is 12.8 Å². The molecule has 0 fully saturated rings. The number of hydrogen-bond acceptors (Lipinski definition) is 5. The number of hydrogen-bond donors (Lipinski definition) is 0. The summed E-state index contributed by atoms with van der Waals surface area (Å²) in [4.78, 5) is 26.9. The van der Waals surface area contributed by atoms with Crippen molar-refractivity contribution in [2.24, 2.45) is 5.92 Å². The normalized spacial score (nSPS) is 12.3. The minimum atomic E-state index is -0.314. The van der Waals surface area contributed by atoms with Crippen LogP contribution < -0.4 is 0 Å². The van der Waals surface area contributed by atoms with Crippen LogP contribution in [0.3, 0.4) is 0 Å². The van der Waals surface area contributed by atoms with Crippen LogP contribution in [0, 0.1) is 5.92 Å². The molecular formula is C34H67NO4. The fourth-order valence-electron chi connectivity index (χ4n) is 5.17. The molecule has 5 heteroatoms. The zero-order valence-electron chi connectivity index (χ0n) is 26.9. The lowest BCUT2D eigenvalue weighted by Crippen LogP contribution is -2.25. The largest absolute Gasteiger partial charge is 0.462 e. The van der Waals surface area contributed by atoms with Gasteiger partial charge in [0, 0.05) is 12.8 Å². The third-order valence-electron chi connectivity index (χ3n) is 7.99. The van der Waals surface area contributed by atoms with E-state index in [2.05, 4.69) is 25.7 Å². The maximum atomic E-state index is 12.4. The Morgan fingerprint density at radius 2 is 1.08 bits per heavy atom. The van der Waals surface area contributed by atoms with Crippen LogP contribution in [-0.2, 0) is 19.1 Å². The van der Waals surface area contributed by atoms with Gasteiger partial charge < -0.3 is 14.4 Å². The van der Waals surface area contributed by atoms with Crippen LogP contribution in [0.25, 0.3) is 0 Å². The Morgan fingerprint density at radius 3 is 1.64 bits per heavy atom. The van der Waals surface area contributed by atoms with Crippen molar-refractivity contribution in [3.8, 4) is 0 Å². The molecule has 0 heterocycles. The van der Waals surface area contributed by atoms with Crippen molar-refractivity contribution in [2.75, 3.05) is 27.2 Å². The first-order valence-corrected chi connectivity index (χ1v) is 16.9. The highest BCUT2D eigenvalue weighted by atomic mass is 16.6. The van der Waals surface area contributed by atoms with Crippen molar-refractivity contribution >= 4 is 11.9 Å². The lowest BCUT2D eigenvalue weighted by Gasteiger charge is -2.19. The van der Waals surface area contributed by atoms with Gasteiger partial charge in [-0.2, -0.15) is 0 Å². The first kappa shape index (κ1) is 37.9. The number of nitrogens with zero attached hydrogens (tertiary/aromatic N) is 1. The average Bonchev–Trinajstić information content (AvgIpc) is 2.92. The molecule has 0 saturated heterocycles. The van der Waals surface area contributed by atoms with Crippen LogP contribution in [0.4, 0.5) is 0 Å². The van der Waals surface area contributed by atoms with Gasteiger partial charge in [-0.1, -0.05) is 124 Å². The summed E-state index contributed by atoms with van der Waals surface area (Å²) in [5.74, 6) is 0.512. The summed E-state index contributed by atoms with van der Waals surface area (Å²) >= 11 is 0. The molecule has 0 radical (unpaired) electrons. The highest BCUT2D eigenvalue weighted by Crippen LogP contribution is 2.19. The number of unbranched alkanes of at least 4 members (excludes halogenated alkanes) is 14. The van der Waals surface area contributed by atoms with Gasteiger partial charge >= 0.3 is 11.9 Å². The van der Waals surface area contributed by atoms with Crippen LogP contribution in [0.2, 0.25) is 0 Å². The summed E-state index contributed by atoms with van der Waals surface area (Å²) in [7, 11) is 4.09. The van der Waals surface area contributed by atoms with Gasteiger partial charge in [-0.15, -0.1) is 0 Å². The molecule has 0 aromatic rings. The molecule has 0 aromatic carbocycles. The number of ether oxygens (including phenoxy) is 2. The average molecular weight is 554 g/mol. The van der Waals surface area contributed by atoms with Gasteiger partial charge in [0.25, 0.3) is 0 Å². The lowest BCUT2D eigenvalue weighted by molar-refractivity contribution is -0.159. The summed E-state index contributed by atoms with van der Waals surface area (Å²) in [6, 6.07) is 0. The van der Waals surface area contributed by atoms with Crippen molar-refractivity contribution in [3.05, 3.63) is 0 Å². The predicted octanol–water partition coefficient (Wildman–Crippen LogP) is 9.65. The quantitative estimate of drug-likeness (QED) is 0.0681. The van der Waals surface area contributed by atoms with Gasteiger partial charge in [-0.25, -0.2) is 0 Å². The minimum Gasteiger partial charge on any atom is -0.462 e. The zero-order chi connectivity index (χ0) is 29.0. The zero-order valence-corrected chi connectivity index (χ0v) is 26.9. The molecule has 0 bridgehead atoms. The van der Waals surface area contributed by atoms with Crippen molar-refractivity contribution < 1.29 is 19.1 Å². The van der Waals surface area contributed by atoms with E-state index in [1.807, 2.05) is 14.1 Å². The molecule has 0 aliphatic rings. The molecule has 0 aliphatic heterocycles. The maximum Gasteiger partial charge on any atom is 0.306 e. The fourth-order valence-corrected chi connectivity index (χ4v) is 5.17. The van der Waals surface area contributed by atoms with Gasteiger partial charge in [0.15, 0.2) is 0 Å². The van der Waals surface area contributed by atoms with Gasteiger partial charge in [0.05, 0.1) is 0 Å². The Hall–Kier alpha value is -1.10. The van der Waals surface area contributed by atoms with Crippen molar-refractivity contribution in [3.63, 3.8) is 0 Å². The van der Waals surface area contributed by atoms with E-state index in [1.165, 1.54) is 89.9 Å². The molecule has 1 unspecified atom stereocenters. The minimum absolute atomic E-state index is 0.150. The maximum absolute atomic E-state index is 12.4. The topological polar surface area (TPSA) is 55.8 Å². The standard InChI is InChI=1S/C34H67NO4/c1-6-9-10-11-12-13-14-15-16-17-18-22-27-33(36)38-30-32(26-21-19-20-25-31(7-2)8-3)39-34(37)28-23-24-29-35(4)5/h31-32H,6-30H2,1-5H3. The number of rotatable bonds is 29. The highest BCUT2D eigenvalue weighted by molar-refractivity contribution is 5.70. The highest BCUT2D eigenvalue weighted by Gasteiger charge is 2.17. The van der Waals surface area contributed by atoms with Crippen molar-refractivity contribution in [1.82, 2.24) is 4.90 Å². The summed E-state index contributed by atoms with van der Waals surface area (Å²) in [5, 5.41) is 0. The van der Waals surface area contributed by atoms with Crippen LogP contribution in [0.1, 0.15) is 168 Å². The summed E-state index contributed by atoms with van der Waals surface area (Å²) in [5.41, 5.74) is 0. The van der Waals surface area contributed by atoms with E-state index in [9.17, 15) is 9.59 Å². The van der Waals surface area contributed by atoms with E-state index in [-0.39, 0.29) is 24.6 Å². The molecule has 0 N–H and O–H groups in total. The van der Waals surface area contributed by atoms with Crippen LogP contribution >= 0.6 is 0 Å². The van der Waals surface area contributed by atoms with Crippen LogP contribution in [0.5, 0.6) is 0 Å². The van der Waals surface area contributed by atoms with E-state index >= 15 is 0 Å². The monoisotopic (exact) mass is 554 g/mol. The third kappa shape index (κ3) is 26.9. The molecule has 232 valence electrons. The molecule has 1 atom stereocenters. The smallest absolute Gasteiger partial charge is 0.306 e. The second-order valence-electron chi connectivity index (χ2n) is 12.0. The molecule has 0 amide bonds. The molecular weight excluding hydrogens is 486 g/mol. The van der Waals surface area contributed by atoms with Gasteiger partial charge in [-0.3, -0.25) is 9.59 Å². The molecule has 0 saturated carbocycles. The molecule has 0 aromatic heterocycles. The number of esters is 2. The first-order chi connectivity index (χ1) is 18.9. The van der Waals surface area contributed by atoms with E-state index < -0.39 is 0 Å². The SMILES string of the molecule is CCCCCCCCCCCCCCC(=O)OCC(CCCCCC(CC)CC)OC(=O)CCCCN(C)C. The van der Waals surface area contributed by atoms with Gasteiger partial charge in [0.1, 0.15) is 12.7 Å². The lowest BCUT2D eigenvalue weighted by atomic mass is 9.95. The number of carbonyl (C=O) groups is 2. The Bertz CT molecular complexity index is 547. The molecule has 0 rings (SSSR count). The predicted molar refractivity (Wildman–Crippen MR) is 166 cm³/mol. The summed E-state index contributed by atoms with van der Waals surface area (Å²) < 4.78 is 11.3. The van der Waals surface area contributed by atoms with E-state index in [4.69, 9.17) is 9.47 Å². The number of carbonyl (C=O) groups excluding carboxylic acids is 2. The summed E-state index contributed by atoms with van der Waals surface area (Å²) in [6.07, 6.45) is 25.7.